The third-order valence-electron chi connectivity index (χ3n) is 3.01. The molecule has 1 atom stereocenters. The molecule has 0 aliphatic heterocycles. The first-order valence-electron chi connectivity index (χ1n) is 6.80. The first kappa shape index (κ1) is 14.3. The molecule has 0 heterocycles. The molecule has 2 aromatic carbocycles. The Labute approximate surface area is 119 Å². The summed E-state index contributed by atoms with van der Waals surface area (Å²) in [5, 5.41) is 3.26. The molecule has 1 N–H and O–H groups in total. The molecule has 0 aliphatic carbocycles. The summed E-state index contributed by atoms with van der Waals surface area (Å²) in [6.07, 6.45) is 0. The van der Waals surface area contributed by atoms with Crippen LogP contribution in [0.2, 0.25) is 0 Å². The van der Waals surface area contributed by atoms with Gasteiger partial charge in [0.25, 0.3) is 0 Å². The fourth-order valence-electron chi connectivity index (χ4n) is 2.02. The highest BCUT2D eigenvalue weighted by molar-refractivity contribution is 5.77. The van der Waals surface area contributed by atoms with Crippen molar-refractivity contribution < 1.29 is 9.53 Å². The zero-order chi connectivity index (χ0) is 14.2. The second kappa shape index (κ2) is 7.46. The Hall–Kier alpha value is -2.13. The second-order valence-corrected chi connectivity index (χ2v) is 4.46. The minimum Gasteiger partial charge on any atom is -0.465 e. The van der Waals surface area contributed by atoms with Crippen LogP contribution < -0.4 is 5.32 Å². The molecular weight excluding hydrogens is 250 g/mol. The van der Waals surface area contributed by atoms with E-state index >= 15 is 0 Å². The normalized spacial score (nSPS) is 11.8. The van der Waals surface area contributed by atoms with Crippen molar-refractivity contribution in [2.45, 2.75) is 19.5 Å². The van der Waals surface area contributed by atoms with Crippen LogP contribution in [0.4, 0.5) is 0 Å². The Kier molecular flexibility index (Phi) is 5.33. The van der Waals surface area contributed by atoms with E-state index in [4.69, 9.17) is 4.74 Å². The van der Waals surface area contributed by atoms with Gasteiger partial charge in [-0.2, -0.15) is 0 Å². The molecule has 0 aromatic heterocycles. The molecule has 0 fully saturated rings. The number of benzene rings is 2. The lowest BCUT2D eigenvalue weighted by Crippen LogP contribution is -2.29. The zero-order valence-electron chi connectivity index (χ0n) is 11.6. The molecule has 20 heavy (non-hydrogen) atoms. The van der Waals surface area contributed by atoms with Crippen LogP contribution in [0.1, 0.15) is 24.1 Å². The molecule has 0 radical (unpaired) electrons. The van der Waals surface area contributed by atoms with Crippen LogP contribution in [0, 0.1) is 0 Å². The average molecular weight is 269 g/mol. The van der Waals surface area contributed by atoms with Gasteiger partial charge in [-0.3, -0.25) is 5.32 Å². The number of hydrogen-bond donors (Lipinski definition) is 1. The van der Waals surface area contributed by atoms with E-state index in [1.54, 1.807) is 0 Å². The monoisotopic (exact) mass is 269 g/mol. The minimum atomic E-state index is -0.434. The van der Waals surface area contributed by atoms with Crippen LogP contribution >= 0.6 is 0 Å². The summed E-state index contributed by atoms with van der Waals surface area (Å²) in [6.45, 7) is 2.82. The molecule has 0 spiro atoms. The SMILES string of the molecule is CCOC(=O)[C@@H](NCc1ccccc1)c1ccccc1. The molecule has 0 saturated carbocycles. The van der Waals surface area contributed by atoms with Crippen molar-refractivity contribution in [2.24, 2.45) is 0 Å². The van der Waals surface area contributed by atoms with Gasteiger partial charge in [0.1, 0.15) is 6.04 Å². The molecule has 104 valence electrons. The fourth-order valence-corrected chi connectivity index (χ4v) is 2.02. The Morgan fingerprint density at radius 1 is 1.05 bits per heavy atom. The van der Waals surface area contributed by atoms with Gasteiger partial charge in [0.2, 0.25) is 0 Å². The summed E-state index contributed by atoms with van der Waals surface area (Å²) < 4.78 is 5.15. The molecular formula is C17H19NO2. The maximum atomic E-state index is 12.1. The van der Waals surface area contributed by atoms with Gasteiger partial charge < -0.3 is 4.74 Å². The quantitative estimate of drug-likeness (QED) is 0.819. The first-order chi connectivity index (χ1) is 9.81. The highest BCUT2D eigenvalue weighted by atomic mass is 16.5. The first-order valence-corrected chi connectivity index (χ1v) is 6.80. The minimum absolute atomic E-state index is 0.241. The van der Waals surface area contributed by atoms with Crippen molar-refractivity contribution in [3.05, 3.63) is 71.8 Å². The van der Waals surface area contributed by atoms with Crippen LogP contribution in [0.3, 0.4) is 0 Å². The molecule has 3 heteroatoms. The molecule has 0 bridgehead atoms. The lowest BCUT2D eigenvalue weighted by Gasteiger charge is -2.17. The molecule has 3 nitrogen and oxygen atoms in total. The van der Waals surface area contributed by atoms with Gasteiger partial charge in [-0.05, 0) is 18.1 Å². The van der Waals surface area contributed by atoms with Crippen LogP contribution in [-0.2, 0) is 16.1 Å². The lowest BCUT2D eigenvalue weighted by atomic mass is 10.1. The van der Waals surface area contributed by atoms with Crippen molar-refractivity contribution in [3.8, 4) is 0 Å². The molecule has 0 saturated heterocycles. The maximum absolute atomic E-state index is 12.1. The van der Waals surface area contributed by atoms with Crippen molar-refractivity contribution in [3.63, 3.8) is 0 Å². The summed E-state index contributed by atoms with van der Waals surface area (Å²) in [5.41, 5.74) is 2.06. The van der Waals surface area contributed by atoms with Gasteiger partial charge in [-0.15, -0.1) is 0 Å². The van der Waals surface area contributed by atoms with E-state index in [0.717, 1.165) is 11.1 Å². The number of ether oxygens (including phenoxy) is 1. The van der Waals surface area contributed by atoms with Gasteiger partial charge >= 0.3 is 5.97 Å². The number of rotatable bonds is 6. The van der Waals surface area contributed by atoms with E-state index in [1.165, 1.54) is 0 Å². The van der Waals surface area contributed by atoms with Gasteiger partial charge in [0, 0.05) is 6.54 Å². The second-order valence-electron chi connectivity index (χ2n) is 4.46. The molecule has 2 rings (SSSR count). The largest absolute Gasteiger partial charge is 0.465 e. The molecule has 2 aromatic rings. The van der Waals surface area contributed by atoms with E-state index < -0.39 is 6.04 Å². The topological polar surface area (TPSA) is 38.3 Å². The Morgan fingerprint density at radius 3 is 2.25 bits per heavy atom. The molecule has 0 unspecified atom stereocenters. The number of hydrogen-bond acceptors (Lipinski definition) is 3. The van der Waals surface area contributed by atoms with Gasteiger partial charge in [0.05, 0.1) is 6.61 Å². The number of nitrogens with one attached hydrogen (secondary N) is 1. The highest BCUT2D eigenvalue weighted by Crippen LogP contribution is 2.15. The molecule has 0 amide bonds. The third kappa shape index (κ3) is 3.93. The van der Waals surface area contributed by atoms with Crippen LogP contribution in [0.15, 0.2) is 60.7 Å². The third-order valence-corrected chi connectivity index (χ3v) is 3.01. The van der Waals surface area contributed by atoms with E-state index in [2.05, 4.69) is 5.32 Å². The number of carbonyl (C=O) groups excluding carboxylic acids is 1. The highest BCUT2D eigenvalue weighted by Gasteiger charge is 2.20. The Balaban J connectivity index is 2.09. The Bertz CT molecular complexity index is 525. The lowest BCUT2D eigenvalue weighted by molar-refractivity contribution is -0.145. The van der Waals surface area contributed by atoms with Crippen LogP contribution in [0.25, 0.3) is 0 Å². The van der Waals surface area contributed by atoms with Crippen molar-refractivity contribution in [1.29, 1.82) is 0 Å². The summed E-state index contributed by atoms with van der Waals surface area (Å²) in [7, 11) is 0. The van der Waals surface area contributed by atoms with Crippen molar-refractivity contribution in [2.75, 3.05) is 6.61 Å². The standard InChI is InChI=1S/C17H19NO2/c1-2-20-17(19)16(15-11-7-4-8-12-15)18-13-14-9-5-3-6-10-14/h3-12,16,18H,2,13H2,1H3/t16-/m0/s1. The summed E-state index contributed by atoms with van der Waals surface area (Å²) in [5.74, 6) is -0.241. The van der Waals surface area contributed by atoms with Gasteiger partial charge in [0.15, 0.2) is 0 Å². The number of esters is 1. The van der Waals surface area contributed by atoms with Crippen LogP contribution in [-0.4, -0.2) is 12.6 Å². The van der Waals surface area contributed by atoms with Gasteiger partial charge in [-0.25, -0.2) is 4.79 Å². The predicted molar refractivity (Wildman–Crippen MR) is 79.1 cm³/mol. The summed E-state index contributed by atoms with van der Waals surface area (Å²) in [4.78, 5) is 12.1. The fraction of sp³-hybridized carbons (Fsp3) is 0.235. The van der Waals surface area contributed by atoms with E-state index in [0.29, 0.717) is 13.2 Å². The summed E-state index contributed by atoms with van der Waals surface area (Å²) >= 11 is 0. The number of carbonyl (C=O) groups is 1. The Morgan fingerprint density at radius 2 is 1.65 bits per heavy atom. The van der Waals surface area contributed by atoms with Crippen molar-refractivity contribution in [1.82, 2.24) is 5.32 Å². The predicted octanol–water partition coefficient (Wildman–Crippen LogP) is 3.08. The smallest absolute Gasteiger partial charge is 0.327 e. The van der Waals surface area contributed by atoms with E-state index in [-0.39, 0.29) is 5.97 Å². The summed E-state index contributed by atoms with van der Waals surface area (Å²) in [6, 6.07) is 19.2. The van der Waals surface area contributed by atoms with E-state index in [9.17, 15) is 4.79 Å². The van der Waals surface area contributed by atoms with Gasteiger partial charge in [-0.1, -0.05) is 60.7 Å². The average Bonchev–Trinajstić information content (AvgIpc) is 2.50. The van der Waals surface area contributed by atoms with Crippen molar-refractivity contribution >= 4 is 5.97 Å². The molecule has 0 aliphatic rings. The van der Waals surface area contributed by atoms with E-state index in [1.807, 2.05) is 67.6 Å². The maximum Gasteiger partial charge on any atom is 0.327 e. The van der Waals surface area contributed by atoms with Crippen LogP contribution in [0.5, 0.6) is 0 Å². The zero-order valence-corrected chi connectivity index (χ0v) is 11.6.